The highest BCUT2D eigenvalue weighted by atomic mass is 19.1. The quantitative estimate of drug-likeness (QED) is 0.798. The molecule has 0 atom stereocenters. The monoisotopic (exact) mass is 306 g/mol. The van der Waals surface area contributed by atoms with Crippen LogP contribution in [-0.2, 0) is 16.0 Å². The molecule has 1 aromatic rings. The van der Waals surface area contributed by atoms with E-state index in [9.17, 15) is 14.0 Å². The van der Waals surface area contributed by atoms with Crippen LogP contribution < -0.4 is 0 Å². The second-order valence-electron chi connectivity index (χ2n) is 5.04. The predicted octanol–water partition coefficient (Wildman–Crippen LogP) is 1.83. The van der Waals surface area contributed by atoms with Gasteiger partial charge in [-0.15, -0.1) is 0 Å². The van der Waals surface area contributed by atoms with E-state index in [2.05, 4.69) is 6.58 Å². The number of carbonyl (C=O) groups excluding carboxylic acids is 2. The second kappa shape index (κ2) is 7.59. The van der Waals surface area contributed by atoms with E-state index in [1.807, 2.05) is 0 Å². The van der Waals surface area contributed by atoms with Crippen LogP contribution >= 0.6 is 0 Å². The van der Waals surface area contributed by atoms with E-state index in [0.717, 1.165) is 5.56 Å². The summed E-state index contributed by atoms with van der Waals surface area (Å²) in [6.45, 7) is 5.52. The van der Waals surface area contributed by atoms with Crippen LogP contribution in [0, 0.1) is 5.82 Å². The van der Waals surface area contributed by atoms with Crippen LogP contribution in [0.4, 0.5) is 9.18 Å². The van der Waals surface area contributed by atoms with Crippen molar-refractivity contribution >= 4 is 12.0 Å². The predicted molar refractivity (Wildman–Crippen MR) is 79.8 cm³/mol. The highest BCUT2D eigenvalue weighted by Gasteiger charge is 2.24. The van der Waals surface area contributed by atoms with E-state index in [1.165, 1.54) is 18.2 Å². The molecule has 1 aliphatic rings. The zero-order valence-electron chi connectivity index (χ0n) is 12.3. The summed E-state index contributed by atoms with van der Waals surface area (Å²) in [5, 5.41) is 0. The molecule has 0 aromatic heterocycles. The molecule has 0 N–H and O–H groups in total. The lowest BCUT2D eigenvalue weighted by atomic mass is 10.1. The fourth-order valence-electron chi connectivity index (χ4n) is 2.25. The van der Waals surface area contributed by atoms with Crippen molar-refractivity contribution in [1.29, 1.82) is 0 Å². The minimum atomic E-state index is -0.384. The molecule has 0 bridgehead atoms. The van der Waals surface area contributed by atoms with Gasteiger partial charge >= 0.3 is 6.09 Å². The molecule has 1 heterocycles. The van der Waals surface area contributed by atoms with Gasteiger partial charge in [-0.25, -0.2) is 9.18 Å². The van der Waals surface area contributed by atoms with E-state index in [1.54, 1.807) is 21.9 Å². The molecule has 0 spiro atoms. The van der Waals surface area contributed by atoms with E-state index < -0.39 is 0 Å². The second-order valence-corrected chi connectivity index (χ2v) is 5.04. The molecule has 22 heavy (non-hydrogen) atoms. The number of carbonyl (C=O) groups is 2. The fraction of sp³-hybridized carbons (Fsp3) is 0.375. The largest absolute Gasteiger partial charge is 0.445 e. The summed E-state index contributed by atoms with van der Waals surface area (Å²) in [5.74, 6) is -0.339. The molecule has 5 nitrogen and oxygen atoms in total. The SMILES string of the molecule is C=CCOC(=O)N1CCN(C(=O)Cc2ccc(F)cc2)CC1. The summed E-state index contributed by atoms with van der Waals surface area (Å²) >= 11 is 0. The number of rotatable bonds is 4. The van der Waals surface area contributed by atoms with E-state index in [0.29, 0.717) is 26.2 Å². The first kappa shape index (κ1) is 16.0. The summed E-state index contributed by atoms with van der Waals surface area (Å²) in [5.41, 5.74) is 0.777. The van der Waals surface area contributed by atoms with Crippen molar-refractivity contribution in [3.63, 3.8) is 0 Å². The maximum atomic E-state index is 12.8. The Morgan fingerprint density at radius 1 is 1.14 bits per heavy atom. The fourth-order valence-corrected chi connectivity index (χ4v) is 2.25. The van der Waals surface area contributed by atoms with E-state index in [4.69, 9.17) is 4.74 Å². The first-order chi connectivity index (χ1) is 10.6. The molecule has 0 aliphatic carbocycles. The van der Waals surface area contributed by atoms with Gasteiger partial charge in [0.15, 0.2) is 0 Å². The van der Waals surface area contributed by atoms with Crippen molar-refractivity contribution in [3.8, 4) is 0 Å². The normalized spacial score (nSPS) is 14.6. The van der Waals surface area contributed by atoms with Gasteiger partial charge in [0.2, 0.25) is 5.91 Å². The topological polar surface area (TPSA) is 49.9 Å². The molecule has 1 fully saturated rings. The number of ether oxygens (including phenoxy) is 1. The van der Waals surface area contributed by atoms with Crippen LogP contribution in [0.5, 0.6) is 0 Å². The van der Waals surface area contributed by atoms with Gasteiger partial charge in [0.05, 0.1) is 6.42 Å². The number of halogens is 1. The molecule has 0 saturated carbocycles. The Balaban J connectivity index is 1.80. The van der Waals surface area contributed by atoms with Gasteiger partial charge < -0.3 is 14.5 Å². The van der Waals surface area contributed by atoms with Crippen molar-refractivity contribution < 1.29 is 18.7 Å². The third kappa shape index (κ3) is 4.31. The van der Waals surface area contributed by atoms with Crippen LogP contribution in [0.2, 0.25) is 0 Å². The lowest BCUT2D eigenvalue weighted by Crippen LogP contribution is -2.51. The van der Waals surface area contributed by atoms with Crippen molar-refractivity contribution in [2.24, 2.45) is 0 Å². The van der Waals surface area contributed by atoms with E-state index >= 15 is 0 Å². The molecule has 1 aliphatic heterocycles. The Bertz CT molecular complexity index is 537. The average Bonchev–Trinajstić information content (AvgIpc) is 2.55. The van der Waals surface area contributed by atoms with Gasteiger partial charge in [0, 0.05) is 26.2 Å². The summed E-state index contributed by atoms with van der Waals surface area (Å²) < 4.78 is 17.8. The number of hydrogen-bond donors (Lipinski definition) is 0. The van der Waals surface area contributed by atoms with Crippen molar-refractivity contribution in [2.75, 3.05) is 32.8 Å². The van der Waals surface area contributed by atoms with Crippen molar-refractivity contribution in [1.82, 2.24) is 9.80 Å². The first-order valence-electron chi connectivity index (χ1n) is 7.15. The van der Waals surface area contributed by atoms with Gasteiger partial charge in [-0.1, -0.05) is 24.8 Å². The van der Waals surface area contributed by atoms with Crippen molar-refractivity contribution in [2.45, 2.75) is 6.42 Å². The molecule has 0 unspecified atom stereocenters. The molecular formula is C16H19FN2O3. The van der Waals surface area contributed by atoms with Gasteiger partial charge in [-0.2, -0.15) is 0 Å². The first-order valence-corrected chi connectivity index (χ1v) is 7.15. The number of benzene rings is 1. The Hall–Kier alpha value is -2.37. The smallest absolute Gasteiger partial charge is 0.410 e. The molecule has 2 rings (SSSR count). The zero-order valence-corrected chi connectivity index (χ0v) is 12.3. The van der Waals surface area contributed by atoms with Crippen LogP contribution in [0.1, 0.15) is 5.56 Å². The lowest BCUT2D eigenvalue weighted by Gasteiger charge is -2.34. The van der Waals surface area contributed by atoms with Crippen LogP contribution in [-0.4, -0.2) is 54.6 Å². The molecule has 1 saturated heterocycles. The van der Waals surface area contributed by atoms with Gasteiger partial charge in [0.1, 0.15) is 12.4 Å². The summed E-state index contributed by atoms with van der Waals surface area (Å²) in [4.78, 5) is 27.1. The maximum Gasteiger partial charge on any atom is 0.410 e. The van der Waals surface area contributed by atoms with Crippen molar-refractivity contribution in [3.05, 3.63) is 48.3 Å². The molecule has 2 amide bonds. The summed E-state index contributed by atoms with van der Waals surface area (Å²) in [6.07, 6.45) is 1.37. The van der Waals surface area contributed by atoms with Crippen LogP contribution in [0.25, 0.3) is 0 Å². The molecular weight excluding hydrogens is 287 g/mol. The lowest BCUT2D eigenvalue weighted by molar-refractivity contribution is -0.132. The van der Waals surface area contributed by atoms with Gasteiger partial charge in [0.25, 0.3) is 0 Å². The van der Waals surface area contributed by atoms with Gasteiger partial charge in [-0.3, -0.25) is 4.79 Å². The summed E-state index contributed by atoms with van der Waals surface area (Å²) in [7, 11) is 0. The maximum absolute atomic E-state index is 12.8. The zero-order chi connectivity index (χ0) is 15.9. The highest BCUT2D eigenvalue weighted by molar-refractivity contribution is 5.79. The van der Waals surface area contributed by atoms with Gasteiger partial charge in [-0.05, 0) is 17.7 Å². The minimum absolute atomic E-state index is 0.0225. The Labute approximate surface area is 129 Å². The molecule has 0 radical (unpaired) electrons. The number of amides is 2. The summed E-state index contributed by atoms with van der Waals surface area (Å²) in [6, 6.07) is 5.90. The standard InChI is InChI=1S/C16H19FN2O3/c1-2-11-22-16(21)19-9-7-18(8-10-19)15(20)12-13-3-5-14(17)6-4-13/h2-6H,1,7-12H2. The highest BCUT2D eigenvalue weighted by Crippen LogP contribution is 2.09. The Morgan fingerprint density at radius 2 is 1.73 bits per heavy atom. The third-order valence-electron chi connectivity index (χ3n) is 3.48. The Morgan fingerprint density at radius 3 is 2.32 bits per heavy atom. The average molecular weight is 306 g/mol. The molecule has 1 aromatic carbocycles. The minimum Gasteiger partial charge on any atom is -0.445 e. The number of piperazine rings is 1. The number of nitrogens with zero attached hydrogens (tertiary/aromatic N) is 2. The molecule has 118 valence electrons. The Kier molecular flexibility index (Phi) is 5.52. The molecule has 6 heteroatoms. The van der Waals surface area contributed by atoms with Crippen LogP contribution in [0.3, 0.4) is 0 Å². The number of hydrogen-bond acceptors (Lipinski definition) is 3. The van der Waals surface area contributed by atoms with E-state index in [-0.39, 0.29) is 30.8 Å². The van der Waals surface area contributed by atoms with Crippen LogP contribution in [0.15, 0.2) is 36.9 Å². The third-order valence-corrected chi connectivity index (χ3v) is 3.48.